The molecule has 0 aliphatic heterocycles. The zero-order valence-electron chi connectivity index (χ0n) is 17.3. The molecule has 1 heterocycles. The third-order valence-electron chi connectivity index (χ3n) is 5.07. The smallest absolute Gasteiger partial charge is 0.133 e. The Balaban J connectivity index is 1.58. The Morgan fingerprint density at radius 3 is 2.10 bits per heavy atom. The number of imidazole rings is 1. The van der Waals surface area contributed by atoms with Crippen molar-refractivity contribution in [2.75, 3.05) is 7.11 Å². The maximum Gasteiger partial charge on any atom is 0.133 e. The molecule has 0 aliphatic carbocycles. The molecule has 0 bridgehead atoms. The molecule has 0 saturated carbocycles. The molecule has 0 saturated heterocycles. The van der Waals surface area contributed by atoms with E-state index in [2.05, 4.69) is 48.0 Å². The van der Waals surface area contributed by atoms with Crippen LogP contribution in [0.3, 0.4) is 0 Å². The van der Waals surface area contributed by atoms with E-state index in [0.29, 0.717) is 10.0 Å². The van der Waals surface area contributed by atoms with Crippen LogP contribution in [0.5, 0.6) is 5.75 Å². The van der Waals surface area contributed by atoms with Crippen LogP contribution in [0.15, 0.2) is 72.9 Å². The van der Waals surface area contributed by atoms with E-state index in [1.807, 2.05) is 42.5 Å². The molecule has 4 rings (SSSR count). The highest BCUT2D eigenvalue weighted by molar-refractivity contribution is 6.35. The van der Waals surface area contributed by atoms with Crippen LogP contribution in [-0.4, -0.2) is 16.7 Å². The van der Waals surface area contributed by atoms with E-state index in [1.165, 1.54) is 0 Å². The van der Waals surface area contributed by atoms with Gasteiger partial charge >= 0.3 is 0 Å². The second kappa shape index (κ2) is 9.42. The van der Waals surface area contributed by atoms with Crippen LogP contribution in [0, 0.1) is 0 Å². The Hall–Kier alpha value is -3.01. The Kier molecular flexibility index (Phi) is 6.45. The molecule has 0 radical (unpaired) electrons. The van der Waals surface area contributed by atoms with Crippen molar-refractivity contribution in [3.63, 3.8) is 0 Å². The van der Waals surface area contributed by atoms with Crippen LogP contribution >= 0.6 is 23.2 Å². The molecule has 0 amide bonds. The normalized spacial score (nSPS) is 11.2. The number of hydrogen-bond acceptors (Lipinski definition) is 2. The fourth-order valence-corrected chi connectivity index (χ4v) is 3.92. The van der Waals surface area contributed by atoms with Crippen molar-refractivity contribution in [2.45, 2.75) is 13.5 Å². The van der Waals surface area contributed by atoms with Crippen LogP contribution in [-0.2, 0) is 6.54 Å². The van der Waals surface area contributed by atoms with E-state index in [9.17, 15) is 0 Å². The molecule has 156 valence electrons. The lowest BCUT2D eigenvalue weighted by atomic mass is 10.0. The highest BCUT2D eigenvalue weighted by Crippen LogP contribution is 2.29. The summed E-state index contributed by atoms with van der Waals surface area (Å²) >= 11 is 12.3. The molecule has 0 unspecified atom stereocenters. The summed E-state index contributed by atoms with van der Waals surface area (Å²) in [5.41, 5.74) is 5.14. The second-order valence-electron chi connectivity index (χ2n) is 7.11. The molecule has 0 N–H and O–H groups in total. The summed E-state index contributed by atoms with van der Waals surface area (Å²) in [5.74, 6) is 1.76. The molecule has 0 spiro atoms. The number of halogens is 2. The monoisotopic (exact) mass is 448 g/mol. The number of aryl methyl sites for hydroxylation is 1. The van der Waals surface area contributed by atoms with E-state index in [1.54, 1.807) is 13.2 Å². The lowest BCUT2D eigenvalue weighted by Crippen LogP contribution is -1.94. The van der Waals surface area contributed by atoms with Gasteiger partial charge in [0, 0.05) is 28.4 Å². The number of ether oxygens (including phenoxy) is 1. The first-order valence-electron chi connectivity index (χ1n) is 10.0. The number of methoxy groups -OCH3 is 1. The van der Waals surface area contributed by atoms with E-state index in [4.69, 9.17) is 32.9 Å². The molecule has 31 heavy (non-hydrogen) atoms. The largest absolute Gasteiger partial charge is 0.497 e. The van der Waals surface area contributed by atoms with Crippen LogP contribution in [0.4, 0.5) is 0 Å². The highest BCUT2D eigenvalue weighted by atomic mass is 35.5. The van der Waals surface area contributed by atoms with Gasteiger partial charge in [-0.25, -0.2) is 4.98 Å². The van der Waals surface area contributed by atoms with Crippen molar-refractivity contribution in [1.29, 1.82) is 0 Å². The second-order valence-corrected chi connectivity index (χ2v) is 7.99. The summed E-state index contributed by atoms with van der Waals surface area (Å²) in [7, 11) is 1.67. The van der Waals surface area contributed by atoms with Crippen LogP contribution in [0.2, 0.25) is 10.0 Å². The summed E-state index contributed by atoms with van der Waals surface area (Å²) in [6, 6.07) is 21.8. The third-order valence-corrected chi connectivity index (χ3v) is 5.50. The van der Waals surface area contributed by atoms with Gasteiger partial charge in [0.1, 0.15) is 11.6 Å². The van der Waals surface area contributed by atoms with Crippen molar-refractivity contribution in [1.82, 2.24) is 9.55 Å². The first kappa shape index (κ1) is 21.2. The van der Waals surface area contributed by atoms with Gasteiger partial charge in [-0.1, -0.05) is 65.7 Å². The minimum atomic E-state index is 0.626. The van der Waals surface area contributed by atoms with Gasteiger partial charge in [0.25, 0.3) is 0 Å². The quantitative estimate of drug-likeness (QED) is 0.301. The average molecular weight is 449 g/mol. The Labute approximate surface area is 192 Å². The lowest BCUT2D eigenvalue weighted by molar-refractivity contribution is 0.415. The average Bonchev–Trinajstić information content (AvgIpc) is 3.21. The van der Waals surface area contributed by atoms with Gasteiger partial charge in [-0.2, -0.15) is 0 Å². The van der Waals surface area contributed by atoms with Gasteiger partial charge in [-0.3, -0.25) is 0 Å². The molecule has 0 atom stereocenters. The van der Waals surface area contributed by atoms with E-state index >= 15 is 0 Å². The molecule has 4 aromatic rings. The first-order valence-corrected chi connectivity index (χ1v) is 10.8. The van der Waals surface area contributed by atoms with Gasteiger partial charge in [0.2, 0.25) is 0 Å². The highest BCUT2D eigenvalue weighted by Gasteiger charge is 2.08. The number of hydrogen-bond donors (Lipinski definition) is 0. The number of benzene rings is 3. The fourth-order valence-electron chi connectivity index (χ4n) is 3.40. The summed E-state index contributed by atoms with van der Waals surface area (Å²) in [4.78, 5) is 4.84. The van der Waals surface area contributed by atoms with Gasteiger partial charge in [0.15, 0.2) is 0 Å². The zero-order chi connectivity index (χ0) is 21.8. The van der Waals surface area contributed by atoms with Gasteiger partial charge in [-0.05, 0) is 60.0 Å². The van der Waals surface area contributed by atoms with E-state index in [0.717, 1.165) is 46.1 Å². The predicted octanol–water partition coefficient (Wildman–Crippen LogP) is 7.72. The van der Waals surface area contributed by atoms with Crippen molar-refractivity contribution in [2.24, 2.45) is 0 Å². The molecular weight excluding hydrogens is 427 g/mol. The molecule has 1 aromatic heterocycles. The van der Waals surface area contributed by atoms with Crippen molar-refractivity contribution >= 4 is 35.4 Å². The van der Waals surface area contributed by atoms with Gasteiger partial charge in [-0.15, -0.1) is 0 Å². The van der Waals surface area contributed by atoms with E-state index in [-0.39, 0.29) is 0 Å². The van der Waals surface area contributed by atoms with Crippen molar-refractivity contribution < 1.29 is 4.74 Å². The number of aromatic nitrogens is 2. The number of rotatable bonds is 6. The molecule has 3 aromatic carbocycles. The van der Waals surface area contributed by atoms with Crippen molar-refractivity contribution in [3.05, 3.63) is 94.4 Å². The molecule has 5 heteroatoms. The van der Waals surface area contributed by atoms with E-state index < -0.39 is 0 Å². The third kappa shape index (κ3) is 5.01. The van der Waals surface area contributed by atoms with Crippen LogP contribution in [0.25, 0.3) is 34.5 Å². The Bertz CT molecular complexity index is 1190. The first-order chi connectivity index (χ1) is 15.1. The molecule has 0 aliphatic rings. The summed E-state index contributed by atoms with van der Waals surface area (Å²) in [6.45, 7) is 2.95. The Morgan fingerprint density at radius 1 is 0.839 bits per heavy atom. The van der Waals surface area contributed by atoms with Crippen LogP contribution < -0.4 is 4.74 Å². The lowest BCUT2D eigenvalue weighted by Gasteiger charge is -2.05. The number of nitrogens with zero attached hydrogens (tertiary/aromatic N) is 2. The zero-order valence-corrected chi connectivity index (χ0v) is 18.9. The van der Waals surface area contributed by atoms with Crippen molar-refractivity contribution in [3.8, 4) is 28.1 Å². The minimum Gasteiger partial charge on any atom is -0.497 e. The molecule has 0 fully saturated rings. The topological polar surface area (TPSA) is 27.1 Å². The molecular formula is C26H22Cl2N2O. The summed E-state index contributed by atoms with van der Waals surface area (Å²) in [5, 5.41) is 1.25. The maximum atomic E-state index is 6.14. The molecule has 3 nitrogen and oxygen atoms in total. The van der Waals surface area contributed by atoms with Gasteiger partial charge < -0.3 is 9.30 Å². The van der Waals surface area contributed by atoms with Gasteiger partial charge in [0.05, 0.1) is 12.8 Å². The maximum absolute atomic E-state index is 6.14. The standard InChI is InChI=1S/C26H22Cl2N2O/c1-3-30-17-25(29-26(30)13-6-18-4-11-24(31-2)12-5-18)20-9-7-19(8-10-20)21-14-22(27)16-23(28)15-21/h4-17H,3H2,1-2H3. The van der Waals surface area contributed by atoms with Crippen LogP contribution in [0.1, 0.15) is 18.3 Å². The SMILES string of the molecule is CCn1cc(-c2ccc(-c3cc(Cl)cc(Cl)c3)cc2)nc1C=Cc1ccc(OC)cc1. The summed E-state index contributed by atoms with van der Waals surface area (Å²) in [6.07, 6.45) is 6.18. The Morgan fingerprint density at radius 2 is 1.48 bits per heavy atom. The summed E-state index contributed by atoms with van der Waals surface area (Å²) < 4.78 is 7.35. The fraction of sp³-hybridized carbons (Fsp3) is 0.115. The predicted molar refractivity (Wildman–Crippen MR) is 131 cm³/mol. The minimum absolute atomic E-state index is 0.626.